The number of likely N-dealkylation sites (tertiary alicyclic amines) is 1. The number of rotatable bonds is 3. The summed E-state index contributed by atoms with van der Waals surface area (Å²) in [5.41, 5.74) is 2.17. The van der Waals surface area contributed by atoms with Crippen molar-refractivity contribution in [2.75, 3.05) is 24.5 Å². The first kappa shape index (κ1) is 17.2. The molecule has 0 aliphatic carbocycles. The molecule has 0 aromatic carbocycles. The van der Waals surface area contributed by atoms with Crippen molar-refractivity contribution in [3.8, 4) is 0 Å². The Bertz CT molecular complexity index is 1020. The number of fused-ring (bicyclic) bond motifs is 2. The third-order valence-corrected chi connectivity index (χ3v) is 6.35. The van der Waals surface area contributed by atoms with E-state index in [0.717, 1.165) is 17.8 Å². The van der Waals surface area contributed by atoms with Gasteiger partial charge in [0.2, 0.25) is 5.91 Å². The first-order valence-corrected chi connectivity index (χ1v) is 10.2. The lowest BCUT2D eigenvalue weighted by molar-refractivity contribution is -0.129. The molecule has 6 nitrogen and oxygen atoms in total. The van der Waals surface area contributed by atoms with Crippen LogP contribution in [0.4, 0.5) is 5.69 Å². The van der Waals surface area contributed by atoms with Gasteiger partial charge < -0.3 is 14.2 Å². The standard InChI is InChI=1S/C21H19N3O3S/c25-18(11-16-3-2-9-27-16)23-8-6-21(13-23)14-24(17-4-1-7-22-19(17)21)20(26)15-5-10-28-12-15/h1-5,7,9-10,12H,6,8,11,13-14H2/t21-/m0/s1. The number of nitrogens with zero attached hydrogens (tertiary/aromatic N) is 3. The van der Waals surface area contributed by atoms with Crippen LogP contribution in [0.5, 0.6) is 0 Å². The zero-order chi connectivity index (χ0) is 19.1. The van der Waals surface area contributed by atoms with Gasteiger partial charge in [-0.15, -0.1) is 0 Å². The quantitative estimate of drug-likeness (QED) is 0.686. The van der Waals surface area contributed by atoms with Crippen molar-refractivity contribution in [2.24, 2.45) is 0 Å². The van der Waals surface area contributed by atoms with Gasteiger partial charge in [0.15, 0.2) is 0 Å². The van der Waals surface area contributed by atoms with E-state index in [1.54, 1.807) is 18.5 Å². The molecule has 7 heteroatoms. The summed E-state index contributed by atoms with van der Waals surface area (Å²) in [5, 5.41) is 3.78. The molecule has 0 unspecified atom stereocenters. The van der Waals surface area contributed by atoms with Crippen molar-refractivity contribution >= 4 is 28.8 Å². The molecule has 5 rings (SSSR count). The lowest BCUT2D eigenvalue weighted by Gasteiger charge is -2.25. The van der Waals surface area contributed by atoms with Gasteiger partial charge in [0.25, 0.3) is 5.91 Å². The molecular weight excluding hydrogens is 374 g/mol. The Hall–Kier alpha value is -2.93. The molecule has 1 atom stereocenters. The summed E-state index contributed by atoms with van der Waals surface area (Å²) < 4.78 is 5.32. The van der Waals surface area contributed by atoms with Gasteiger partial charge in [0.05, 0.1) is 35.0 Å². The molecule has 1 saturated heterocycles. The van der Waals surface area contributed by atoms with Crippen molar-refractivity contribution in [1.29, 1.82) is 0 Å². The maximum Gasteiger partial charge on any atom is 0.259 e. The zero-order valence-corrected chi connectivity index (χ0v) is 16.0. The van der Waals surface area contributed by atoms with Crippen LogP contribution in [0.2, 0.25) is 0 Å². The number of hydrogen-bond acceptors (Lipinski definition) is 5. The van der Waals surface area contributed by atoms with Crippen LogP contribution < -0.4 is 4.90 Å². The molecule has 3 aromatic rings. The lowest BCUT2D eigenvalue weighted by Crippen LogP contribution is -2.40. The first-order valence-electron chi connectivity index (χ1n) is 9.26. The predicted molar refractivity (Wildman–Crippen MR) is 106 cm³/mol. The van der Waals surface area contributed by atoms with E-state index < -0.39 is 0 Å². The van der Waals surface area contributed by atoms with Crippen molar-refractivity contribution in [2.45, 2.75) is 18.3 Å². The maximum absolute atomic E-state index is 13.0. The van der Waals surface area contributed by atoms with E-state index >= 15 is 0 Å². The van der Waals surface area contributed by atoms with Gasteiger partial charge in [-0.2, -0.15) is 11.3 Å². The number of amides is 2. The molecule has 1 spiro atoms. The monoisotopic (exact) mass is 393 g/mol. The highest BCUT2D eigenvalue weighted by Gasteiger charge is 2.50. The fourth-order valence-electron chi connectivity index (χ4n) is 4.29. The zero-order valence-electron chi connectivity index (χ0n) is 15.2. The average Bonchev–Trinajstić information content (AvgIpc) is 3.51. The summed E-state index contributed by atoms with van der Waals surface area (Å²) in [6.45, 7) is 1.79. The van der Waals surface area contributed by atoms with Crippen LogP contribution in [0.15, 0.2) is 58.0 Å². The minimum Gasteiger partial charge on any atom is -0.469 e. The first-order chi connectivity index (χ1) is 13.7. The van der Waals surface area contributed by atoms with Crippen LogP contribution in [-0.2, 0) is 16.6 Å². The smallest absolute Gasteiger partial charge is 0.259 e. The molecule has 5 heterocycles. The summed E-state index contributed by atoms with van der Waals surface area (Å²) >= 11 is 1.51. The molecule has 142 valence electrons. The van der Waals surface area contributed by atoms with Crippen LogP contribution in [0.3, 0.4) is 0 Å². The fraction of sp³-hybridized carbons (Fsp3) is 0.286. The van der Waals surface area contributed by atoms with E-state index in [9.17, 15) is 9.59 Å². The topological polar surface area (TPSA) is 66.7 Å². The number of carbonyl (C=O) groups excluding carboxylic acids is 2. The van der Waals surface area contributed by atoms with E-state index in [2.05, 4.69) is 4.98 Å². The van der Waals surface area contributed by atoms with Gasteiger partial charge in [-0.05, 0) is 42.1 Å². The van der Waals surface area contributed by atoms with Crippen LogP contribution in [0, 0.1) is 0 Å². The lowest BCUT2D eigenvalue weighted by atomic mass is 9.85. The van der Waals surface area contributed by atoms with E-state index in [0.29, 0.717) is 31.0 Å². The Labute approximate surface area is 166 Å². The second-order valence-corrected chi connectivity index (χ2v) is 8.16. The van der Waals surface area contributed by atoms with Crippen molar-refractivity contribution in [1.82, 2.24) is 9.88 Å². The number of hydrogen-bond donors (Lipinski definition) is 0. The Morgan fingerprint density at radius 2 is 2.14 bits per heavy atom. The van der Waals surface area contributed by atoms with Gasteiger partial charge in [-0.25, -0.2) is 0 Å². The molecule has 0 bridgehead atoms. The summed E-state index contributed by atoms with van der Waals surface area (Å²) in [4.78, 5) is 34.1. The van der Waals surface area contributed by atoms with Gasteiger partial charge in [-0.1, -0.05) is 0 Å². The number of aromatic nitrogens is 1. The molecule has 3 aromatic heterocycles. The minimum absolute atomic E-state index is 0.00672. The third kappa shape index (κ3) is 2.74. The summed E-state index contributed by atoms with van der Waals surface area (Å²) in [6, 6.07) is 9.27. The Balaban J connectivity index is 1.41. The van der Waals surface area contributed by atoms with Crippen molar-refractivity contribution in [3.05, 3.63) is 70.6 Å². The Morgan fingerprint density at radius 3 is 2.93 bits per heavy atom. The third-order valence-electron chi connectivity index (χ3n) is 5.67. The summed E-state index contributed by atoms with van der Waals surface area (Å²) in [6.07, 6.45) is 4.41. The van der Waals surface area contributed by atoms with E-state index in [-0.39, 0.29) is 23.7 Å². The van der Waals surface area contributed by atoms with Crippen LogP contribution >= 0.6 is 11.3 Å². The van der Waals surface area contributed by atoms with Crippen LogP contribution in [0.25, 0.3) is 0 Å². The van der Waals surface area contributed by atoms with Crippen LogP contribution in [-0.4, -0.2) is 41.3 Å². The molecule has 0 N–H and O–H groups in total. The second kappa shape index (κ2) is 6.60. The summed E-state index contributed by atoms with van der Waals surface area (Å²) in [5.74, 6) is 0.713. The number of anilines is 1. The van der Waals surface area contributed by atoms with Gasteiger partial charge in [0.1, 0.15) is 5.76 Å². The molecular formula is C21H19N3O3S. The fourth-order valence-corrected chi connectivity index (χ4v) is 4.92. The molecule has 28 heavy (non-hydrogen) atoms. The van der Waals surface area contributed by atoms with E-state index in [1.807, 2.05) is 44.8 Å². The predicted octanol–water partition coefficient (Wildman–Crippen LogP) is 3.11. The molecule has 0 saturated carbocycles. The molecule has 2 amide bonds. The van der Waals surface area contributed by atoms with Crippen molar-refractivity contribution < 1.29 is 14.0 Å². The number of pyridine rings is 1. The number of carbonyl (C=O) groups is 2. The second-order valence-electron chi connectivity index (χ2n) is 7.38. The molecule has 1 fully saturated rings. The average molecular weight is 393 g/mol. The Morgan fingerprint density at radius 1 is 1.21 bits per heavy atom. The normalized spacial score (nSPS) is 20.7. The Kier molecular flexibility index (Phi) is 4.05. The molecule has 0 radical (unpaired) electrons. The SMILES string of the molecule is O=C(Cc1ccco1)N1CC[C@]2(C1)CN(C(=O)c1ccsc1)c1cccnc12. The highest BCUT2D eigenvalue weighted by atomic mass is 32.1. The molecule has 2 aliphatic rings. The highest BCUT2D eigenvalue weighted by Crippen LogP contribution is 2.45. The van der Waals surface area contributed by atoms with Gasteiger partial charge in [-0.3, -0.25) is 14.6 Å². The number of furan rings is 1. The highest BCUT2D eigenvalue weighted by molar-refractivity contribution is 7.08. The van der Waals surface area contributed by atoms with E-state index in [4.69, 9.17) is 4.42 Å². The number of thiophene rings is 1. The van der Waals surface area contributed by atoms with Gasteiger partial charge >= 0.3 is 0 Å². The van der Waals surface area contributed by atoms with Crippen molar-refractivity contribution in [3.63, 3.8) is 0 Å². The maximum atomic E-state index is 13.0. The van der Waals surface area contributed by atoms with Gasteiger partial charge in [0, 0.05) is 31.2 Å². The minimum atomic E-state index is -0.304. The van der Waals surface area contributed by atoms with Crippen LogP contribution in [0.1, 0.15) is 28.2 Å². The largest absolute Gasteiger partial charge is 0.469 e. The summed E-state index contributed by atoms with van der Waals surface area (Å²) in [7, 11) is 0. The molecule has 2 aliphatic heterocycles. The van der Waals surface area contributed by atoms with E-state index in [1.165, 1.54) is 11.3 Å².